The average Bonchev–Trinajstić information content (AvgIpc) is 3.29. The van der Waals surface area contributed by atoms with Gasteiger partial charge in [-0.3, -0.25) is 10.00 Å². The van der Waals surface area contributed by atoms with Crippen LogP contribution in [0.4, 0.5) is 0 Å². The van der Waals surface area contributed by atoms with Gasteiger partial charge in [0.25, 0.3) is 0 Å². The van der Waals surface area contributed by atoms with Crippen molar-refractivity contribution in [2.24, 2.45) is 0 Å². The molecule has 124 valence electrons. The van der Waals surface area contributed by atoms with Crippen molar-refractivity contribution >= 4 is 0 Å². The molecule has 6 heteroatoms. The van der Waals surface area contributed by atoms with Crippen molar-refractivity contribution in [2.45, 2.75) is 31.7 Å². The normalized spacial score (nSPS) is 16.5. The van der Waals surface area contributed by atoms with E-state index in [2.05, 4.69) is 43.5 Å². The summed E-state index contributed by atoms with van der Waals surface area (Å²) < 4.78 is 5.81. The van der Waals surface area contributed by atoms with Crippen molar-refractivity contribution in [3.05, 3.63) is 65.6 Å². The van der Waals surface area contributed by atoms with Crippen LogP contribution in [-0.4, -0.2) is 38.4 Å². The quantitative estimate of drug-likeness (QED) is 0.782. The Morgan fingerprint density at radius 1 is 1.04 bits per heavy atom. The van der Waals surface area contributed by atoms with E-state index in [1.54, 1.807) is 0 Å². The summed E-state index contributed by atoms with van der Waals surface area (Å²) in [7, 11) is 0. The number of nitrogens with zero attached hydrogens (tertiary/aromatic N) is 4. The lowest BCUT2D eigenvalue weighted by Gasteiger charge is -2.30. The highest BCUT2D eigenvalue weighted by Gasteiger charge is 2.22. The highest BCUT2D eigenvalue weighted by atomic mass is 16.4. The average molecular weight is 323 g/mol. The van der Waals surface area contributed by atoms with Crippen molar-refractivity contribution in [1.29, 1.82) is 0 Å². The molecule has 0 spiro atoms. The zero-order valence-corrected chi connectivity index (χ0v) is 13.6. The van der Waals surface area contributed by atoms with Gasteiger partial charge < -0.3 is 4.42 Å². The molecule has 0 amide bonds. The first-order valence-corrected chi connectivity index (χ1v) is 8.43. The second kappa shape index (κ2) is 6.97. The number of rotatable bonds is 5. The molecular formula is C18H21N5O. The number of aromatic amines is 1. The summed E-state index contributed by atoms with van der Waals surface area (Å²) in [5.74, 6) is 1.98. The van der Waals surface area contributed by atoms with Crippen LogP contribution in [0, 0.1) is 0 Å². The molecule has 0 unspecified atom stereocenters. The first-order valence-electron chi connectivity index (χ1n) is 8.43. The molecule has 4 rings (SSSR count). The molecule has 2 aromatic heterocycles. The van der Waals surface area contributed by atoms with Crippen LogP contribution in [0.5, 0.6) is 0 Å². The molecule has 1 aliphatic rings. The Kier molecular flexibility index (Phi) is 4.38. The molecule has 1 aromatic carbocycles. The molecule has 0 bridgehead atoms. The highest BCUT2D eigenvalue weighted by Crippen LogP contribution is 2.26. The molecule has 0 radical (unpaired) electrons. The molecule has 6 nitrogen and oxygen atoms in total. The lowest BCUT2D eigenvalue weighted by atomic mass is 9.94. The molecule has 0 aliphatic carbocycles. The maximum atomic E-state index is 5.81. The standard InChI is InChI=1S/C18H21N5O/c1-2-4-14(5-3-1)12-17-21-22-18(24-17)13-23-10-7-15(8-11-23)16-6-9-19-20-16/h1-6,9,15H,7-8,10-13H2,(H,19,20). The van der Waals surface area contributed by atoms with Gasteiger partial charge in [0.1, 0.15) is 0 Å². The summed E-state index contributed by atoms with van der Waals surface area (Å²) in [4.78, 5) is 2.38. The Morgan fingerprint density at radius 3 is 2.58 bits per heavy atom. The number of hydrogen-bond donors (Lipinski definition) is 1. The molecule has 1 saturated heterocycles. The number of H-pyrrole nitrogens is 1. The number of aromatic nitrogens is 4. The molecule has 1 fully saturated rings. The van der Waals surface area contributed by atoms with Gasteiger partial charge in [-0.25, -0.2) is 0 Å². The van der Waals surface area contributed by atoms with E-state index in [1.807, 2.05) is 24.4 Å². The predicted molar refractivity (Wildman–Crippen MR) is 89.4 cm³/mol. The van der Waals surface area contributed by atoms with Gasteiger partial charge in [0.2, 0.25) is 11.8 Å². The topological polar surface area (TPSA) is 70.8 Å². The lowest BCUT2D eigenvalue weighted by Crippen LogP contribution is -2.32. The highest BCUT2D eigenvalue weighted by molar-refractivity contribution is 5.17. The molecule has 3 aromatic rings. The van der Waals surface area contributed by atoms with E-state index in [0.29, 0.717) is 24.1 Å². The number of hydrogen-bond acceptors (Lipinski definition) is 5. The molecule has 1 N–H and O–H groups in total. The first-order chi connectivity index (χ1) is 11.9. The fraction of sp³-hybridized carbons (Fsp3) is 0.389. The van der Waals surface area contributed by atoms with Crippen molar-refractivity contribution in [3.63, 3.8) is 0 Å². The van der Waals surface area contributed by atoms with Gasteiger partial charge in [-0.1, -0.05) is 30.3 Å². The van der Waals surface area contributed by atoms with E-state index in [1.165, 1.54) is 11.3 Å². The van der Waals surface area contributed by atoms with Crippen molar-refractivity contribution in [1.82, 2.24) is 25.3 Å². The van der Waals surface area contributed by atoms with E-state index >= 15 is 0 Å². The molecule has 24 heavy (non-hydrogen) atoms. The van der Waals surface area contributed by atoms with Gasteiger partial charge >= 0.3 is 0 Å². The van der Waals surface area contributed by atoms with Gasteiger partial charge in [0.05, 0.1) is 13.0 Å². The molecular weight excluding hydrogens is 302 g/mol. The van der Waals surface area contributed by atoms with Crippen molar-refractivity contribution in [2.75, 3.05) is 13.1 Å². The Balaban J connectivity index is 1.30. The zero-order chi connectivity index (χ0) is 16.2. The Hall–Kier alpha value is -2.47. The largest absolute Gasteiger partial charge is 0.424 e. The molecule has 3 heterocycles. The molecule has 0 saturated carbocycles. The third-order valence-electron chi connectivity index (χ3n) is 4.62. The third-order valence-corrected chi connectivity index (χ3v) is 4.62. The second-order valence-electron chi connectivity index (χ2n) is 6.31. The van der Waals surface area contributed by atoms with Crippen LogP contribution in [0.25, 0.3) is 0 Å². The summed E-state index contributed by atoms with van der Waals surface area (Å²) >= 11 is 0. The smallest absolute Gasteiger partial charge is 0.230 e. The van der Waals surface area contributed by atoms with E-state index in [4.69, 9.17) is 4.42 Å². The summed E-state index contributed by atoms with van der Waals surface area (Å²) in [5.41, 5.74) is 2.44. The van der Waals surface area contributed by atoms with Crippen LogP contribution in [0.3, 0.4) is 0 Å². The minimum absolute atomic E-state index is 0.583. The van der Waals surface area contributed by atoms with Crippen LogP contribution < -0.4 is 0 Å². The van der Waals surface area contributed by atoms with Crippen LogP contribution in [0.15, 0.2) is 47.0 Å². The maximum Gasteiger partial charge on any atom is 0.230 e. The summed E-state index contributed by atoms with van der Waals surface area (Å²) in [6.45, 7) is 2.82. The van der Waals surface area contributed by atoms with Gasteiger partial charge in [-0.15, -0.1) is 10.2 Å². The fourth-order valence-corrected chi connectivity index (χ4v) is 3.28. The van der Waals surface area contributed by atoms with Crippen LogP contribution in [-0.2, 0) is 13.0 Å². The van der Waals surface area contributed by atoms with E-state index < -0.39 is 0 Å². The Bertz CT molecular complexity index is 745. The van der Waals surface area contributed by atoms with E-state index in [0.717, 1.165) is 32.5 Å². The zero-order valence-electron chi connectivity index (χ0n) is 13.6. The molecule has 1 aliphatic heterocycles. The lowest BCUT2D eigenvalue weighted by molar-refractivity contribution is 0.185. The summed E-state index contributed by atoms with van der Waals surface area (Å²) in [6.07, 6.45) is 4.78. The fourth-order valence-electron chi connectivity index (χ4n) is 3.28. The summed E-state index contributed by atoms with van der Waals surface area (Å²) in [6, 6.07) is 12.3. The maximum absolute atomic E-state index is 5.81. The van der Waals surface area contributed by atoms with Crippen molar-refractivity contribution in [3.8, 4) is 0 Å². The summed E-state index contributed by atoms with van der Waals surface area (Å²) in [5, 5.41) is 15.5. The van der Waals surface area contributed by atoms with Crippen LogP contribution >= 0.6 is 0 Å². The van der Waals surface area contributed by atoms with Crippen LogP contribution in [0.2, 0.25) is 0 Å². The Labute approximate surface area is 140 Å². The number of benzene rings is 1. The van der Waals surface area contributed by atoms with Crippen LogP contribution in [0.1, 0.15) is 41.8 Å². The SMILES string of the molecule is c1ccc(Cc2nnc(CN3CCC(c4ccn[nH]4)CC3)o2)cc1. The van der Waals surface area contributed by atoms with E-state index in [9.17, 15) is 0 Å². The van der Waals surface area contributed by atoms with Gasteiger partial charge in [-0.05, 0) is 37.6 Å². The molecule has 0 atom stereocenters. The Morgan fingerprint density at radius 2 is 1.83 bits per heavy atom. The minimum Gasteiger partial charge on any atom is -0.424 e. The van der Waals surface area contributed by atoms with Gasteiger partial charge in [0.15, 0.2) is 0 Å². The van der Waals surface area contributed by atoms with Gasteiger partial charge in [0, 0.05) is 17.8 Å². The van der Waals surface area contributed by atoms with E-state index in [-0.39, 0.29) is 0 Å². The monoisotopic (exact) mass is 323 g/mol. The second-order valence-corrected chi connectivity index (χ2v) is 6.31. The predicted octanol–water partition coefficient (Wildman–Crippen LogP) is 2.76. The number of likely N-dealkylation sites (tertiary alicyclic amines) is 1. The number of piperidine rings is 1. The minimum atomic E-state index is 0.583. The number of nitrogens with one attached hydrogen (secondary N) is 1. The van der Waals surface area contributed by atoms with Gasteiger partial charge in [-0.2, -0.15) is 5.10 Å². The first kappa shape index (κ1) is 15.1. The third kappa shape index (κ3) is 3.54. The van der Waals surface area contributed by atoms with Crippen molar-refractivity contribution < 1.29 is 4.42 Å².